The van der Waals surface area contributed by atoms with E-state index in [1.54, 1.807) is 18.4 Å². The molecular weight excluding hydrogens is 368 g/mol. The Labute approximate surface area is 170 Å². The van der Waals surface area contributed by atoms with Crippen LogP contribution in [0.15, 0.2) is 51.5 Å². The summed E-state index contributed by atoms with van der Waals surface area (Å²) in [6.07, 6.45) is 5.65. The van der Waals surface area contributed by atoms with Crippen molar-refractivity contribution in [3.8, 4) is 11.7 Å². The summed E-state index contributed by atoms with van der Waals surface area (Å²) >= 11 is 0. The van der Waals surface area contributed by atoms with E-state index in [4.69, 9.17) is 8.83 Å². The zero-order valence-corrected chi connectivity index (χ0v) is 16.6. The number of carbonyl (C=O) groups excluding carboxylic acids is 1. The molecular formula is C22H26N4O3. The Morgan fingerprint density at radius 2 is 2.14 bits per heavy atom. The van der Waals surface area contributed by atoms with Crippen LogP contribution in [0.1, 0.15) is 49.2 Å². The van der Waals surface area contributed by atoms with Gasteiger partial charge in [-0.05, 0) is 55.5 Å². The maximum Gasteiger partial charge on any atom is 0.283 e. The molecule has 1 atom stereocenters. The minimum atomic E-state index is 0.0194. The first-order valence-electron chi connectivity index (χ1n) is 10.2. The van der Waals surface area contributed by atoms with E-state index in [1.165, 1.54) is 11.1 Å². The topological polar surface area (TPSA) is 84.4 Å². The van der Waals surface area contributed by atoms with Gasteiger partial charge in [-0.3, -0.25) is 9.69 Å². The number of benzene rings is 1. The second-order valence-electron chi connectivity index (χ2n) is 7.40. The highest BCUT2D eigenvalue weighted by Gasteiger charge is 2.23. The van der Waals surface area contributed by atoms with E-state index in [0.717, 1.165) is 32.2 Å². The van der Waals surface area contributed by atoms with Crippen LogP contribution in [0.4, 0.5) is 0 Å². The van der Waals surface area contributed by atoms with Crippen LogP contribution in [0.5, 0.6) is 0 Å². The summed E-state index contributed by atoms with van der Waals surface area (Å²) in [4.78, 5) is 14.8. The fourth-order valence-electron chi connectivity index (χ4n) is 3.89. The lowest BCUT2D eigenvalue weighted by molar-refractivity contribution is -0.123. The van der Waals surface area contributed by atoms with E-state index in [9.17, 15) is 4.79 Å². The van der Waals surface area contributed by atoms with Crippen molar-refractivity contribution in [2.24, 2.45) is 0 Å². The van der Waals surface area contributed by atoms with E-state index < -0.39 is 0 Å². The van der Waals surface area contributed by atoms with Crippen LogP contribution in [0.25, 0.3) is 11.7 Å². The first kappa shape index (κ1) is 19.4. The Morgan fingerprint density at radius 3 is 2.97 bits per heavy atom. The Hall–Kier alpha value is -2.93. The molecule has 29 heavy (non-hydrogen) atoms. The predicted octanol–water partition coefficient (Wildman–Crippen LogP) is 3.74. The number of nitrogens with one attached hydrogen (secondary N) is 1. The van der Waals surface area contributed by atoms with Gasteiger partial charge in [0, 0.05) is 0 Å². The lowest BCUT2D eigenvalue weighted by Gasteiger charge is -2.27. The summed E-state index contributed by atoms with van der Waals surface area (Å²) < 4.78 is 11.0. The van der Waals surface area contributed by atoms with E-state index >= 15 is 0 Å². The molecule has 1 aliphatic rings. The average molecular weight is 394 g/mol. The van der Waals surface area contributed by atoms with E-state index in [-0.39, 0.29) is 11.9 Å². The molecule has 3 aromatic rings. The Morgan fingerprint density at radius 1 is 1.24 bits per heavy atom. The number of hydrogen-bond acceptors (Lipinski definition) is 6. The number of fused-ring (bicyclic) bond motifs is 1. The molecule has 1 N–H and O–H groups in total. The van der Waals surface area contributed by atoms with Gasteiger partial charge in [0.1, 0.15) is 0 Å². The second kappa shape index (κ2) is 9.05. The van der Waals surface area contributed by atoms with Gasteiger partial charge in [0.15, 0.2) is 5.76 Å². The number of aromatic nitrogens is 2. The highest BCUT2D eigenvalue weighted by atomic mass is 16.4. The molecule has 2 aromatic heterocycles. The van der Waals surface area contributed by atoms with Crippen molar-refractivity contribution in [2.75, 3.05) is 13.1 Å². The third-order valence-electron chi connectivity index (χ3n) is 5.17. The van der Waals surface area contributed by atoms with E-state index in [1.807, 2.05) is 11.0 Å². The van der Waals surface area contributed by atoms with Gasteiger partial charge in [0.2, 0.25) is 11.8 Å². The molecule has 1 aliphatic carbocycles. The summed E-state index contributed by atoms with van der Waals surface area (Å²) in [6, 6.07) is 12.0. The van der Waals surface area contributed by atoms with Crippen molar-refractivity contribution in [1.29, 1.82) is 0 Å². The van der Waals surface area contributed by atoms with Crippen molar-refractivity contribution in [1.82, 2.24) is 20.4 Å². The molecule has 7 nitrogen and oxygen atoms in total. The predicted molar refractivity (Wildman–Crippen MR) is 108 cm³/mol. The Bertz CT molecular complexity index is 935. The second-order valence-corrected chi connectivity index (χ2v) is 7.40. The number of nitrogens with zero attached hydrogens (tertiary/aromatic N) is 3. The Kier molecular flexibility index (Phi) is 6.05. The fourth-order valence-corrected chi connectivity index (χ4v) is 3.89. The standard InChI is InChI=1S/C22H26N4O3/c1-2-12-26(15-21-24-25-22(29-21)19-11-6-13-28-19)14-20(27)23-18-10-5-8-16-7-3-4-9-17(16)18/h3-4,6-7,9,11,13,18H,2,5,8,10,12,14-15H2,1H3,(H,23,27)/t18-/m0/s1. The summed E-state index contributed by atoms with van der Waals surface area (Å²) in [6.45, 7) is 3.58. The Balaban J connectivity index is 1.38. The molecule has 152 valence electrons. The van der Waals surface area contributed by atoms with Crippen LogP contribution in [0.2, 0.25) is 0 Å². The maximum absolute atomic E-state index is 12.8. The molecule has 0 saturated heterocycles. The molecule has 0 bridgehead atoms. The third kappa shape index (κ3) is 4.74. The van der Waals surface area contributed by atoms with Gasteiger partial charge in [-0.25, -0.2) is 0 Å². The van der Waals surface area contributed by atoms with Gasteiger partial charge in [0.25, 0.3) is 5.89 Å². The van der Waals surface area contributed by atoms with Crippen molar-refractivity contribution in [2.45, 2.75) is 45.2 Å². The molecule has 0 fully saturated rings. The van der Waals surface area contributed by atoms with Gasteiger partial charge < -0.3 is 14.2 Å². The summed E-state index contributed by atoms with van der Waals surface area (Å²) in [5.41, 5.74) is 2.58. The fraction of sp³-hybridized carbons (Fsp3) is 0.409. The van der Waals surface area contributed by atoms with Crippen LogP contribution in [-0.2, 0) is 17.8 Å². The van der Waals surface area contributed by atoms with Crippen LogP contribution >= 0.6 is 0 Å². The molecule has 0 aliphatic heterocycles. The van der Waals surface area contributed by atoms with Gasteiger partial charge in [-0.2, -0.15) is 0 Å². The first-order chi connectivity index (χ1) is 14.2. The lowest BCUT2D eigenvalue weighted by Crippen LogP contribution is -2.39. The van der Waals surface area contributed by atoms with Crippen LogP contribution in [0, 0.1) is 0 Å². The highest BCUT2D eigenvalue weighted by molar-refractivity contribution is 5.78. The summed E-state index contributed by atoms with van der Waals surface area (Å²) in [5.74, 6) is 1.38. The summed E-state index contributed by atoms with van der Waals surface area (Å²) in [5, 5.41) is 11.3. The largest absolute Gasteiger partial charge is 0.459 e. The van der Waals surface area contributed by atoms with Crippen molar-refractivity contribution in [3.05, 3.63) is 59.7 Å². The molecule has 7 heteroatoms. The molecule has 1 aromatic carbocycles. The minimum Gasteiger partial charge on any atom is -0.459 e. The molecule has 1 amide bonds. The zero-order valence-electron chi connectivity index (χ0n) is 16.6. The monoisotopic (exact) mass is 394 g/mol. The number of hydrogen-bond donors (Lipinski definition) is 1. The van der Waals surface area contributed by atoms with Crippen molar-refractivity contribution in [3.63, 3.8) is 0 Å². The van der Waals surface area contributed by atoms with Gasteiger partial charge in [-0.1, -0.05) is 31.2 Å². The maximum atomic E-state index is 12.8. The van der Waals surface area contributed by atoms with Gasteiger partial charge >= 0.3 is 0 Å². The van der Waals surface area contributed by atoms with E-state index in [0.29, 0.717) is 30.6 Å². The number of rotatable bonds is 8. The number of aryl methyl sites for hydroxylation is 1. The van der Waals surface area contributed by atoms with Crippen molar-refractivity contribution >= 4 is 5.91 Å². The lowest BCUT2D eigenvalue weighted by atomic mass is 9.88. The molecule has 0 spiro atoms. The van der Waals surface area contributed by atoms with Crippen molar-refractivity contribution < 1.29 is 13.6 Å². The van der Waals surface area contributed by atoms with Crippen LogP contribution < -0.4 is 5.32 Å². The van der Waals surface area contributed by atoms with Gasteiger partial charge in [-0.15, -0.1) is 10.2 Å². The molecule has 0 unspecified atom stereocenters. The zero-order chi connectivity index (χ0) is 20.1. The minimum absolute atomic E-state index is 0.0194. The quantitative estimate of drug-likeness (QED) is 0.627. The van der Waals surface area contributed by atoms with Crippen LogP contribution in [-0.4, -0.2) is 34.1 Å². The number of furan rings is 1. The molecule has 4 rings (SSSR count). The van der Waals surface area contributed by atoms with Crippen LogP contribution in [0.3, 0.4) is 0 Å². The SMILES string of the molecule is CCCN(CC(=O)N[C@H]1CCCc2ccccc21)Cc1nnc(-c2ccco2)o1. The third-order valence-corrected chi connectivity index (χ3v) is 5.17. The molecule has 0 radical (unpaired) electrons. The highest BCUT2D eigenvalue weighted by Crippen LogP contribution is 2.29. The molecule has 0 saturated carbocycles. The normalized spacial score (nSPS) is 16.0. The van der Waals surface area contributed by atoms with Gasteiger partial charge in [0.05, 0.1) is 25.4 Å². The smallest absolute Gasteiger partial charge is 0.283 e. The first-order valence-corrected chi connectivity index (χ1v) is 10.2. The number of amides is 1. The number of carbonyl (C=O) groups is 1. The average Bonchev–Trinajstić information content (AvgIpc) is 3.40. The summed E-state index contributed by atoms with van der Waals surface area (Å²) in [7, 11) is 0. The van der Waals surface area contributed by atoms with E-state index in [2.05, 4.69) is 40.6 Å². The molecule has 2 heterocycles.